The van der Waals surface area contributed by atoms with Gasteiger partial charge in [-0.05, 0) is 17.7 Å². The minimum atomic E-state index is -0.218. The summed E-state index contributed by atoms with van der Waals surface area (Å²) in [6.07, 6.45) is 3.27. The molecule has 3 rings (SSSR count). The van der Waals surface area contributed by atoms with E-state index in [9.17, 15) is 4.79 Å². The summed E-state index contributed by atoms with van der Waals surface area (Å²) in [4.78, 5) is 16.7. The van der Waals surface area contributed by atoms with Crippen molar-refractivity contribution >= 4 is 22.6 Å². The fraction of sp³-hybridized carbons (Fsp3) is 0.133. The van der Waals surface area contributed by atoms with Gasteiger partial charge in [-0.25, -0.2) is 4.98 Å². The number of benzene rings is 1. The average Bonchev–Trinajstić information content (AvgIpc) is 2.81. The lowest BCUT2D eigenvalue weighted by Crippen LogP contribution is -2.21. The molecule has 1 aromatic carbocycles. The van der Waals surface area contributed by atoms with Crippen LogP contribution in [0.25, 0.3) is 22.2 Å². The predicted octanol–water partition coefficient (Wildman–Crippen LogP) is 2.58. The van der Waals surface area contributed by atoms with E-state index in [4.69, 9.17) is 16.9 Å². The van der Waals surface area contributed by atoms with Crippen LogP contribution in [-0.2, 0) is 13.6 Å². The number of aryl methyl sites for hydroxylation is 1. The van der Waals surface area contributed by atoms with Crippen molar-refractivity contribution < 1.29 is 0 Å². The quantitative estimate of drug-likeness (QED) is 0.730. The third-order valence-corrected chi connectivity index (χ3v) is 3.59. The van der Waals surface area contributed by atoms with Crippen molar-refractivity contribution in [1.82, 2.24) is 14.1 Å². The molecule has 0 aliphatic heterocycles. The van der Waals surface area contributed by atoms with Crippen LogP contribution >= 0.6 is 11.6 Å². The van der Waals surface area contributed by atoms with E-state index >= 15 is 0 Å². The molecule has 0 fully saturated rings. The molecule has 0 aliphatic carbocycles. The van der Waals surface area contributed by atoms with Crippen LogP contribution in [0.5, 0.6) is 0 Å². The van der Waals surface area contributed by atoms with Crippen LogP contribution in [0.1, 0.15) is 0 Å². The van der Waals surface area contributed by atoms with Crippen molar-refractivity contribution in [3.05, 3.63) is 52.2 Å². The summed E-state index contributed by atoms with van der Waals surface area (Å²) in [5.41, 5.74) is 2.70. The molecule has 0 radical (unpaired) electrons. The van der Waals surface area contributed by atoms with E-state index in [1.165, 1.54) is 10.9 Å². The smallest absolute Gasteiger partial charge is 0.278 e. The third-order valence-electron chi connectivity index (χ3n) is 3.34. The molecule has 104 valence electrons. The van der Waals surface area contributed by atoms with E-state index in [-0.39, 0.29) is 12.1 Å². The second-order valence-electron chi connectivity index (χ2n) is 4.69. The number of nitrogens with zero attached hydrogens (tertiary/aromatic N) is 4. The lowest BCUT2D eigenvalue weighted by Gasteiger charge is -2.01. The SMILES string of the molecule is Cn1cc(-c2ccc(Cl)cc2)c2ncn(CC#N)c(=O)c21. The van der Waals surface area contributed by atoms with E-state index in [2.05, 4.69) is 4.98 Å². The molecule has 0 aliphatic rings. The number of rotatable bonds is 2. The second-order valence-corrected chi connectivity index (χ2v) is 5.13. The van der Waals surface area contributed by atoms with Crippen molar-refractivity contribution in [2.24, 2.45) is 7.05 Å². The lowest BCUT2D eigenvalue weighted by molar-refractivity contribution is 0.767. The Bertz CT molecular complexity index is 916. The number of hydrogen-bond donors (Lipinski definition) is 0. The Labute approximate surface area is 125 Å². The largest absolute Gasteiger partial charge is 0.344 e. The van der Waals surface area contributed by atoms with Crippen LogP contribution in [0.3, 0.4) is 0 Å². The zero-order valence-corrected chi connectivity index (χ0v) is 12.0. The van der Waals surface area contributed by atoms with Crippen molar-refractivity contribution in [2.75, 3.05) is 0 Å². The van der Waals surface area contributed by atoms with Crippen LogP contribution in [0.2, 0.25) is 5.02 Å². The van der Waals surface area contributed by atoms with Crippen LogP contribution in [0, 0.1) is 11.3 Å². The molecule has 0 bridgehead atoms. The van der Waals surface area contributed by atoms with Gasteiger partial charge in [0.25, 0.3) is 5.56 Å². The molecule has 3 aromatic rings. The van der Waals surface area contributed by atoms with E-state index in [0.717, 1.165) is 11.1 Å². The summed E-state index contributed by atoms with van der Waals surface area (Å²) in [7, 11) is 1.79. The van der Waals surface area contributed by atoms with Crippen molar-refractivity contribution in [1.29, 1.82) is 5.26 Å². The number of halogens is 1. The van der Waals surface area contributed by atoms with Crippen LogP contribution < -0.4 is 5.56 Å². The first kappa shape index (κ1) is 13.4. The second kappa shape index (κ2) is 5.08. The first-order valence-electron chi connectivity index (χ1n) is 6.29. The molecule has 21 heavy (non-hydrogen) atoms. The van der Waals surface area contributed by atoms with Gasteiger partial charge in [0.15, 0.2) is 0 Å². The summed E-state index contributed by atoms with van der Waals surface area (Å²) in [5, 5.41) is 9.39. The molecule has 2 aromatic heterocycles. The van der Waals surface area contributed by atoms with Crippen LogP contribution in [0.15, 0.2) is 41.6 Å². The summed E-state index contributed by atoms with van der Waals surface area (Å²) in [5.74, 6) is 0. The normalized spacial score (nSPS) is 10.7. The van der Waals surface area contributed by atoms with Crippen molar-refractivity contribution in [3.63, 3.8) is 0 Å². The van der Waals surface area contributed by atoms with E-state index in [1.54, 1.807) is 23.7 Å². The van der Waals surface area contributed by atoms with Gasteiger partial charge in [0.2, 0.25) is 0 Å². The third kappa shape index (κ3) is 2.20. The molecule has 5 nitrogen and oxygen atoms in total. The zero-order chi connectivity index (χ0) is 15.0. The molecule has 0 saturated carbocycles. The average molecular weight is 299 g/mol. The van der Waals surface area contributed by atoms with Crippen LogP contribution in [-0.4, -0.2) is 14.1 Å². The topological polar surface area (TPSA) is 63.6 Å². The van der Waals surface area contributed by atoms with Gasteiger partial charge >= 0.3 is 0 Å². The highest BCUT2D eigenvalue weighted by Gasteiger charge is 2.14. The number of aromatic nitrogens is 3. The number of fused-ring (bicyclic) bond motifs is 1. The van der Waals surface area contributed by atoms with Gasteiger partial charge in [-0.2, -0.15) is 5.26 Å². The van der Waals surface area contributed by atoms with Gasteiger partial charge in [0, 0.05) is 23.8 Å². The maximum absolute atomic E-state index is 12.4. The first-order valence-corrected chi connectivity index (χ1v) is 6.67. The minimum absolute atomic E-state index is 0.0107. The molecule has 0 amide bonds. The van der Waals surface area contributed by atoms with Gasteiger partial charge in [-0.15, -0.1) is 0 Å². The molecular weight excluding hydrogens is 288 g/mol. The fourth-order valence-corrected chi connectivity index (χ4v) is 2.47. The summed E-state index contributed by atoms with van der Waals surface area (Å²) in [6.45, 7) is -0.0107. The molecule has 0 N–H and O–H groups in total. The van der Waals surface area contributed by atoms with Gasteiger partial charge in [-0.3, -0.25) is 9.36 Å². The van der Waals surface area contributed by atoms with E-state index in [1.807, 2.05) is 24.4 Å². The van der Waals surface area contributed by atoms with Gasteiger partial charge in [0.1, 0.15) is 17.6 Å². The standard InChI is InChI=1S/C15H11ClN4O/c1-19-8-12(10-2-4-11(16)5-3-10)13-14(19)15(21)20(7-6-17)9-18-13/h2-5,8-9H,7H2,1H3. The van der Waals surface area contributed by atoms with Gasteiger partial charge < -0.3 is 4.57 Å². The fourth-order valence-electron chi connectivity index (χ4n) is 2.34. The summed E-state index contributed by atoms with van der Waals surface area (Å²) >= 11 is 5.90. The first-order chi connectivity index (χ1) is 10.1. The molecule has 2 heterocycles. The summed E-state index contributed by atoms with van der Waals surface area (Å²) in [6, 6.07) is 9.33. The van der Waals surface area contributed by atoms with Crippen molar-refractivity contribution in [2.45, 2.75) is 6.54 Å². The monoisotopic (exact) mass is 298 g/mol. The lowest BCUT2D eigenvalue weighted by atomic mass is 10.1. The number of hydrogen-bond acceptors (Lipinski definition) is 3. The highest BCUT2D eigenvalue weighted by atomic mass is 35.5. The molecule has 6 heteroatoms. The van der Waals surface area contributed by atoms with E-state index < -0.39 is 0 Å². The molecule has 0 saturated heterocycles. The number of nitriles is 1. The van der Waals surface area contributed by atoms with Crippen LogP contribution in [0.4, 0.5) is 0 Å². The highest BCUT2D eigenvalue weighted by molar-refractivity contribution is 6.30. The minimum Gasteiger partial charge on any atom is -0.344 e. The molecule has 0 spiro atoms. The highest BCUT2D eigenvalue weighted by Crippen LogP contribution is 2.27. The van der Waals surface area contributed by atoms with Gasteiger partial charge in [-0.1, -0.05) is 23.7 Å². The van der Waals surface area contributed by atoms with E-state index in [0.29, 0.717) is 16.1 Å². The Hall–Kier alpha value is -2.58. The van der Waals surface area contributed by atoms with Gasteiger partial charge in [0.05, 0.1) is 12.4 Å². The summed E-state index contributed by atoms with van der Waals surface area (Å²) < 4.78 is 3.04. The molecule has 0 unspecified atom stereocenters. The van der Waals surface area contributed by atoms with Crippen molar-refractivity contribution in [3.8, 4) is 17.2 Å². The Balaban J connectivity index is 2.28. The molecular formula is C15H11ClN4O. The Kier molecular flexibility index (Phi) is 3.24. The Morgan fingerprint density at radius 3 is 2.71 bits per heavy atom. The predicted molar refractivity (Wildman–Crippen MR) is 81.0 cm³/mol. The Morgan fingerprint density at radius 2 is 2.05 bits per heavy atom. The maximum atomic E-state index is 12.4. The molecule has 0 atom stereocenters. The maximum Gasteiger partial charge on any atom is 0.278 e. The Morgan fingerprint density at radius 1 is 1.33 bits per heavy atom. The zero-order valence-electron chi connectivity index (χ0n) is 11.2.